The number of benzene rings is 2. The maximum absolute atomic E-state index is 12.4. The molecule has 2 N–H and O–H groups in total. The molecule has 0 aliphatic carbocycles. The topological polar surface area (TPSA) is 70.7 Å². The van der Waals surface area contributed by atoms with Gasteiger partial charge in [0.15, 0.2) is 0 Å². The molecule has 0 spiro atoms. The average molecular weight is 388 g/mol. The minimum absolute atomic E-state index is 0.0164. The van der Waals surface area contributed by atoms with Crippen LogP contribution in [-0.4, -0.2) is 49.7 Å². The zero-order valence-corrected chi connectivity index (χ0v) is 15.7. The van der Waals surface area contributed by atoms with Gasteiger partial charge in [0.25, 0.3) is 5.91 Å². The van der Waals surface area contributed by atoms with Crippen LogP contribution < -0.4 is 10.6 Å². The van der Waals surface area contributed by atoms with Gasteiger partial charge in [0, 0.05) is 35.9 Å². The first-order chi connectivity index (χ1) is 13.1. The van der Waals surface area contributed by atoms with Crippen LogP contribution in [0.1, 0.15) is 15.9 Å². The number of hydrogen-bond acceptors (Lipinski definition) is 3. The quantitative estimate of drug-likeness (QED) is 0.827. The Morgan fingerprint density at radius 2 is 1.67 bits per heavy atom. The lowest BCUT2D eigenvalue weighted by atomic mass is 10.1. The third-order valence-corrected chi connectivity index (χ3v) is 4.55. The van der Waals surface area contributed by atoms with E-state index in [1.807, 2.05) is 24.3 Å². The second-order valence-electron chi connectivity index (χ2n) is 6.24. The number of carbonyl (C=O) groups is 2. The molecule has 1 heterocycles. The summed E-state index contributed by atoms with van der Waals surface area (Å²) in [4.78, 5) is 26.2. The van der Waals surface area contributed by atoms with Gasteiger partial charge in [-0.25, -0.2) is 4.79 Å². The minimum Gasteiger partial charge on any atom is -0.378 e. The highest BCUT2D eigenvalue weighted by Gasteiger charge is 2.18. The zero-order chi connectivity index (χ0) is 19.1. The monoisotopic (exact) mass is 387 g/mol. The molecule has 2 aromatic carbocycles. The van der Waals surface area contributed by atoms with Crippen LogP contribution >= 0.6 is 11.6 Å². The minimum atomic E-state index is -0.281. The highest BCUT2D eigenvalue weighted by Crippen LogP contribution is 2.13. The molecule has 7 heteroatoms. The molecule has 1 fully saturated rings. The number of nitrogens with one attached hydrogen (secondary N) is 2. The van der Waals surface area contributed by atoms with Gasteiger partial charge in [-0.3, -0.25) is 4.79 Å². The number of hydrogen-bond donors (Lipinski definition) is 2. The summed E-state index contributed by atoms with van der Waals surface area (Å²) in [7, 11) is 0. The summed E-state index contributed by atoms with van der Waals surface area (Å²) in [5.74, 6) is -0.0164. The number of urea groups is 1. The van der Waals surface area contributed by atoms with E-state index in [9.17, 15) is 9.59 Å². The van der Waals surface area contributed by atoms with E-state index >= 15 is 0 Å². The number of anilines is 1. The van der Waals surface area contributed by atoms with Crippen molar-refractivity contribution in [1.82, 2.24) is 10.2 Å². The molecule has 0 radical (unpaired) electrons. The largest absolute Gasteiger partial charge is 0.378 e. The Morgan fingerprint density at radius 1 is 1.00 bits per heavy atom. The molecule has 27 heavy (non-hydrogen) atoms. The number of amides is 3. The lowest BCUT2D eigenvalue weighted by molar-refractivity contribution is 0.0303. The number of morpholine rings is 1. The van der Waals surface area contributed by atoms with Crippen LogP contribution in [0.15, 0.2) is 48.5 Å². The Kier molecular flexibility index (Phi) is 6.68. The van der Waals surface area contributed by atoms with Crippen LogP contribution in [0.2, 0.25) is 5.02 Å². The number of ether oxygens (including phenoxy) is 1. The predicted octanol–water partition coefficient (Wildman–Crippen LogP) is 3.18. The van der Waals surface area contributed by atoms with E-state index in [4.69, 9.17) is 16.3 Å². The van der Waals surface area contributed by atoms with Crippen molar-refractivity contribution in [2.45, 2.75) is 6.42 Å². The molecule has 142 valence electrons. The summed E-state index contributed by atoms with van der Waals surface area (Å²) in [6.45, 7) is 2.87. The summed E-state index contributed by atoms with van der Waals surface area (Å²) >= 11 is 5.85. The molecule has 0 unspecified atom stereocenters. The molecule has 3 rings (SSSR count). The highest BCUT2D eigenvalue weighted by molar-refractivity contribution is 6.30. The summed E-state index contributed by atoms with van der Waals surface area (Å²) < 4.78 is 5.26. The molecule has 1 aliphatic rings. The summed E-state index contributed by atoms with van der Waals surface area (Å²) in [6, 6.07) is 14.2. The first-order valence-corrected chi connectivity index (χ1v) is 9.26. The van der Waals surface area contributed by atoms with Gasteiger partial charge < -0.3 is 20.3 Å². The van der Waals surface area contributed by atoms with Crippen molar-refractivity contribution in [2.24, 2.45) is 0 Å². The fourth-order valence-electron chi connectivity index (χ4n) is 2.79. The maximum Gasteiger partial charge on any atom is 0.319 e. The van der Waals surface area contributed by atoms with Crippen molar-refractivity contribution in [2.75, 3.05) is 38.2 Å². The number of rotatable bonds is 5. The van der Waals surface area contributed by atoms with Gasteiger partial charge in [0.2, 0.25) is 0 Å². The fraction of sp³-hybridized carbons (Fsp3) is 0.300. The Labute approximate surface area is 163 Å². The second-order valence-corrected chi connectivity index (χ2v) is 6.68. The summed E-state index contributed by atoms with van der Waals surface area (Å²) in [6.07, 6.45) is 0.720. The molecule has 1 aliphatic heterocycles. The molecule has 0 atom stereocenters. The molecule has 6 nitrogen and oxygen atoms in total. The lowest BCUT2D eigenvalue weighted by Crippen LogP contribution is -2.40. The van der Waals surface area contributed by atoms with Gasteiger partial charge in [-0.1, -0.05) is 23.7 Å². The van der Waals surface area contributed by atoms with Crippen molar-refractivity contribution in [3.8, 4) is 0 Å². The van der Waals surface area contributed by atoms with Gasteiger partial charge in [-0.2, -0.15) is 0 Å². The smallest absolute Gasteiger partial charge is 0.319 e. The summed E-state index contributed by atoms with van der Waals surface area (Å²) in [5, 5.41) is 6.27. The number of halogens is 1. The van der Waals surface area contributed by atoms with E-state index in [-0.39, 0.29) is 11.9 Å². The van der Waals surface area contributed by atoms with E-state index in [1.54, 1.807) is 29.2 Å². The van der Waals surface area contributed by atoms with Crippen LogP contribution in [0.5, 0.6) is 0 Å². The van der Waals surface area contributed by atoms with Gasteiger partial charge >= 0.3 is 6.03 Å². The van der Waals surface area contributed by atoms with E-state index in [2.05, 4.69) is 10.6 Å². The Bertz CT molecular complexity index is 772. The van der Waals surface area contributed by atoms with Gasteiger partial charge in [-0.15, -0.1) is 0 Å². The Morgan fingerprint density at radius 3 is 2.33 bits per heavy atom. The third kappa shape index (κ3) is 5.70. The first-order valence-electron chi connectivity index (χ1n) is 8.88. The SMILES string of the molecule is O=C(NCCc1ccc(Cl)cc1)Nc1ccc(C(=O)N2CCOCC2)cc1. The van der Waals surface area contributed by atoms with Crippen LogP contribution in [0, 0.1) is 0 Å². The molecule has 3 amide bonds. The van der Waals surface area contributed by atoms with E-state index < -0.39 is 0 Å². The Balaban J connectivity index is 1.45. The van der Waals surface area contributed by atoms with Gasteiger partial charge in [-0.05, 0) is 48.4 Å². The average Bonchev–Trinajstić information content (AvgIpc) is 2.70. The van der Waals surface area contributed by atoms with Crippen molar-refractivity contribution < 1.29 is 14.3 Å². The Hall–Kier alpha value is -2.57. The molecular weight excluding hydrogens is 366 g/mol. The number of carbonyl (C=O) groups excluding carboxylic acids is 2. The molecule has 0 aromatic heterocycles. The molecule has 0 saturated carbocycles. The zero-order valence-electron chi connectivity index (χ0n) is 14.9. The lowest BCUT2D eigenvalue weighted by Gasteiger charge is -2.26. The maximum atomic E-state index is 12.4. The van der Waals surface area contributed by atoms with Crippen LogP contribution in [0.4, 0.5) is 10.5 Å². The van der Waals surface area contributed by atoms with Crippen LogP contribution in [-0.2, 0) is 11.2 Å². The fourth-order valence-corrected chi connectivity index (χ4v) is 2.92. The van der Waals surface area contributed by atoms with E-state index in [1.165, 1.54) is 0 Å². The van der Waals surface area contributed by atoms with Crippen LogP contribution in [0.25, 0.3) is 0 Å². The van der Waals surface area contributed by atoms with Gasteiger partial charge in [0.1, 0.15) is 0 Å². The van der Waals surface area contributed by atoms with Crippen molar-refractivity contribution >= 4 is 29.2 Å². The van der Waals surface area contributed by atoms with Crippen molar-refractivity contribution in [1.29, 1.82) is 0 Å². The van der Waals surface area contributed by atoms with Gasteiger partial charge in [0.05, 0.1) is 13.2 Å². The van der Waals surface area contributed by atoms with E-state index in [0.29, 0.717) is 49.1 Å². The van der Waals surface area contributed by atoms with Crippen molar-refractivity contribution in [3.63, 3.8) is 0 Å². The van der Waals surface area contributed by atoms with E-state index in [0.717, 1.165) is 12.0 Å². The molecule has 0 bridgehead atoms. The van der Waals surface area contributed by atoms with Crippen molar-refractivity contribution in [3.05, 3.63) is 64.7 Å². The molecule has 1 saturated heterocycles. The number of nitrogens with zero attached hydrogens (tertiary/aromatic N) is 1. The predicted molar refractivity (Wildman–Crippen MR) is 105 cm³/mol. The second kappa shape index (κ2) is 9.39. The molecular formula is C20H22ClN3O3. The molecule has 2 aromatic rings. The summed E-state index contributed by atoms with van der Waals surface area (Å²) in [5.41, 5.74) is 2.34. The third-order valence-electron chi connectivity index (χ3n) is 4.30. The van der Waals surface area contributed by atoms with Crippen LogP contribution in [0.3, 0.4) is 0 Å². The standard InChI is InChI=1S/C20H22ClN3O3/c21-17-5-1-15(2-6-17)9-10-22-20(26)23-18-7-3-16(4-8-18)19(25)24-11-13-27-14-12-24/h1-8H,9-14H2,(H2,22,23,26). The highest BCUT2D eigenvalue weighted by atomic mass is 35.5. The first kappa shape index (κ1) is 19.2. The normalized spacial score (nSPS) is 13.9.